The van der Waals surface area contributed by atoms with Crippen LogP contribution in [-0.2, 0) is 14.8 Å². The summed E-state index contributed by atoms with van der Waals surface area (Å²) >= 11 is 0. The second kappa shape index (κ2) is 4.96. The van der Waals surface area contributed by atoms with Crippen molar-refractivity contribution in [2.75, 3.05) is 11.8 Å². The highest BCUT2D eigenvalue weighted by Crippen LogP contribution is 2.28. The Hall–Kier alpha value is -2.36. The van der Waals surface area contributed by atoms with Gasteiger partial charge >= 0.3 is 5.97 Å². The number of anilines is 1. The first-order valence-corrected chi connectivity index (χ1v) is 6.91. The standard InChI is InChI=1S/C10H12N4O5S/c1-5-7(9(15)18-3)8(6(2)19-5)20(16,17)14-10-11-4-12-13-10/h4H,1-3H3,(H2,11,12,13,14). The van der Waals surface area contributed by atoms with Crippen LogP contribution in [0.3, 0.4) is 0 Å². The number of nitrogens with one attached hydrogen (secondary N) is 2. The highest BCUT2D eigenvalue weighted by Gasteiger charge is 2.32. The Morgan fingerprint density at radius 3 is 2.65 bits per heavy atom. The number of sulfonamides is 1. The number of methoxy groups -OCH3 is 1. The van der Waals surface area contributed by atoms with Gasteiger partial charge in [-0.1, -0.05) is 0 Å². The fourth-order valence-electron chi connectivity index (χ4n) is 1.76. The lowest BCUT2D eigenvalue weighted by Crippen LogP contribution is -2.18. The van der Waals surface area contributed by atoms with Crippen LogP contribution in [0.1, 0.15) is 21.9 Å². The van der Waals surface area contributed by atoms with Crippen molar-refractivity contribution in [2.24, 2.45) is 0 Å². The quantitative estimate of drug-likeness (QED) is 0.791. The normalized spacial score (nSPS) is 11.3. The van der Waals surface area contributed by atoms with E-state index in [9.17, 15) is 13.2 Å². The molecule has 0 aliphatic heterocycles. The molecule has 0 fully saturated rings. The third-order valence-corrected chi connectivity index (χ3v) is 4.00. The van der Waals surface area contributed by atoms with E-state index in [2.05, 4.69) is 24.6 Å². The summed E-state index contributed by atoms with van der Waals surface area (Å²) < 4.78 is 36.6. The zero-order valence-corrected chi connectivity index (χ0v) is 11.7. The predicted molar refractivity (Wildman–Crippen MR) is 66.7 cm³/mol. The number of hydrogen-bond donors (Lipinski definition) is 2. The largest absolute Gasteiger partial charge is 0.465 e. The fourth-order valence-corrected chi connectivity index (χ4v) is 3.13. The lowest BCUT2D eigenvalue weighted by Gasteiger charge is -2.06. The predicted octanol–water partition coefficient (Wildman–Crippen LogP) is 0.602. The average Bonchev–Trinajstić information content (AvgIpc) is 2.95. The molecule has 2 rings (SSSR count). The summed E-state index contributed by atoms with van der Waals surface area (Å²) in [6.45, 7) is 2.92. The zero-order chi connectivity index (χ0) is 14.9. The average molecular weight is 300 g/mol. The summed E-state index contributed by atoms with van der Waals surface area (Å²) in [6, 6.07) is 0. The third kappa shape index (κ3) is 2.37. The van der Waals surface area contributed by atoms with E-state index >= 15 is 0 Å². The maximum absolute atomic E-state index is 12.3. The van der Waals surface area contributed by atoms with E-state index in [0.717, 1.165) is 13.4 Å². The van der Waals surface area contributed by atoms with E-state index < -0.39 is 16.0 Å². The maximum Gasteiger partial charge on any atom is 0.342 e. The van der Waals surface area contributed by atoms with Gasteiger partial charge in [0.2, 0.25) is 5.95 Å². The molecule has 2 heterocycles. The molecule has 0 saturated heterocycles. The number of carbonyl (C=O) groups is 1. The molecule has 0 atom stereocenters. The second-order valence-electron chi connectivity index (χ2n) is 3.85. The molecule has 2 aromatic heterocycles. The SMILES string of the molecule is COC(=O)c1c(C)oc(C)c1S(=O)(=O)Nc1ncn[nH]1. The van der Waals surface area contributed by atoms with Gasteiger partial charge in [-0.3, -0.25) is 0 Å². The molecule has 0 aliphatic carbocycles. The van der Waals surface area contributed by atoms with Crippen LogP contribution in [0.15, 0.2) is 15.6 Å². The number of furan rings is 1. The summed E-state index contributed by atoms with van der Waals surface area (Å²) in [5.41, 5.74) is -0.142. The van der Waals surface area contributed by atoms with Gasteiger partial charge in [0.15, 0.2) is 0 Å². The minimum atomic E-state index is -4.06. The van der Waals surface area contributed by atoms with Gasteiger partial charge in [0, 0.05) is 0 Å². The molecule has 0 aromatic carbocycles. The molecule has 0 saturated carbocycles. The molecule has 9 nitrogen and oxygen atoms in total. The number of aromatic nitrogens is 3. The number of aromatic amines is 1. The Bertz CT molecular complexity index is 732. The Labute approximate surface area is 114 Å². The number of hydrogen-bond acceptors (Lipinski definition) is 7. The van der Waals surface area contributed by atoms with Crippen LogP contribution in [0.4, 0.5) is 5.95 Å². The van der Waals surface area contributed by atoms with E-state index in [4.69, 9.17) is 4.42 Å². The minimum absolute atomic E-state index is 0.0703. The van der Waals surface area contributed by atoms with Crippen LogP contribution in [0, 0.1) is 13.8 Å². The first-order valence-electron chi connectivity index (χ1n) is 5.43. The van der Waals surface area contributed by atoms with Crippen molar-refractivity contribution >= 4 is 21.9 Å². The number of H-pyrrole nitrogens is 1. The number of aryl methyl sites for hydroxylation is 2. The Morgan fingerprint density at radius 1 is 1.40 bits per heavy atom. The molecular formula is C10H12N4O5S. The molecule has 0 amide bonds. The molecule has 0 bridgehead atoms. The molecule has 2 N–H and O–H groups in total. The van der Waals surface area contributed by atoms with E-state index in [1.807, 2.05) is 0 Å². The van der Waals surface area contributed by atoms with Gasteiger partial charge in [0.05, 0.1) is 7.11 Å². The van der Waals surface area contributed by atoms with Gasteiger partial charge in [0.1, 0.15) is 28.3 Å². The topological polar surface area (TPSA) is 127 Å². The molecular weight excluding hydrogens is 288 g/mol. The molecule has 0 radical (unpaired) electrons. The van der Waals surface area contributed by atoms with Crippen LogP contribution in [-0.4, -0.2) is 36.7 Å². The monoisotopic (exact) mass is 300 g/mol. The molecule has 20 heavy (non-hydrogen) atoms. The van der Waals surface area contributed by atoms with Gasteiger partial charge in [-0.05, 0) is 13.8 Å². The van der Waals surface area contributed by atoms with Crippen LogP contribution in [0.2, 0.25) is 0 Å². The summed E-state index contributed by atoms with van der Waals surface area (Å²) in [7, 11) is -2.90. The van der Waals surface area contributed by atoms with E-state index in [-0.39, 0.29) is 27.9 Å². The minimum Gasteiger partial charge on any atom is -0.465 e. The maximum atomic E-state index is 12.3. The van der Waals surface area contributed by atoms with Crippen LogP contribution >= 0.6 is 0 Å². The fraction of sp³-hybridized carbons (Fsp3) is 0.300. The van der Waals surface area contributed by atoms with Crippen molar-refractivity contribution in [2.45, 2.75) is 18.7 Å². The summed E-state index contributed by atoms with van der Waals surface area (Å²) in [6.07, 6.45) is 1.15. The first-order chi connectivity index (χ1) is 9.36. The molecule has 0 aliphatic rings. The molecule has 2 aromatic rings. The molecule has 108 valence electrons. The summed E-state index contributed by atoms with van der Waals surface area (Å²) in [4.78, 5) is 15.1. The lowest BCUT2D eigenvalue weighted by molar-refractivity contribution is 0.0595. The van der Waals surface area contributed by atoms with E-state index in [1.165, 1.54) is 13.8 Å². The third-order valence-electron chi connectivity index (χ3n) is 2.51. The van der Waals surface area contributed by atoms with Gasteiger partial charge in [-0.2, -0.15) is 10.1 Å². The Morgan fingerprint density at radius 2 is 2.10 bits per heavy atom. The van der Waals surface area contributed by atoms with Crippen molar-refractivity contribution in [1.82, 2.24) is 15.2 Å². The van der Waals surface area contributed by atoms with Gasteiger partial charge in [0.25, 0.3) is 10.0 Å². The van der Waals surface area contributed by atoms with Crippen LogP contribution in [0.25, 0.3) is 0 Å². The number of nitrogens with zero attached hydrogens (tertiary/aromatic N) is 2. The lowest BCUT2D eigenvalue weighted by atomic mass is 10.2. The van der Waals surface area contributed by atoms with Crippen LogP contribution in [0.5, 0.6) is 0 Å². The van der Waals surface area contributed by atoms with Gasteiger partial charge in [-0.15, -0.1) is 0 Å². The van der Waals surface area contributed by atoms with Crippen molar-refractivity contribution in [3.63, 3.8) is 0 Å². The highest BCUT2D eigenvalue weighted by molar-refractivity contribution is 7.92. The van der Waals surface area contributed by atoms with Crippen molar-refractivity contribution in [3.8, 4) is 0 Å². The number of esters is 1. The molecule has 10 heteroatoms. The second-order valence-corrected chi connectivity index (χ2v) is 5.47. The summed E-state index contributed by atoms with van der Waals surface area (Å²) in [5.74, 6) is -0.626. The molecule has 0 spiro atoms. The number of carbonyl (C=O) groups excluding carboxylic acids is 1. The van der Waals surface area contributed by atoms with E-state index in [1.54, 1.807) is 0 Å². The zero-order valence-electron chi connectivity index (χ0n) is 10.9. The number of ether oxygens (including phenoxy) is 1. The Kier molecular flexibility index (Phi) is 3.49. The summed E-state index contributed by atoms with van der Waals surface area (Å²) in [5, 5.41) is 5.88. The smallest absolute Gasteiger partial charge is 0.342 e. The van der Waals surface area contributed by atoms with E-state index in [0.29, 0.717) is 0 Å². The van der Waals surface area contributed by atoms with Gasteiger partial charge in [-0.25, -0.2) is 23.0 Å². The van der Waals surface area contributed by atoms with Crippen LogP contribution < -0.4 is 4.72 Å². The number of rotatable bonds is 4. The van der Waals surface area contributed by atoms with Crippen molar-refractivity contribution in [1.29, 1.82) is 0 Å². The van der Waals surface area contributed by atoms with Crippen molar-refractivity contribution in [3.05, 3.63) is 23.4 Å². The first kappa shape index (κ1) is 14.1. The highest BCUT2D eigenvalue weighted by atomic mass is 32.2. The van der Waals surface area contributed by atoms with Crippen molar-refractivity contribution < 1.29 is 22.4 Å². The Balaban J connectivity index is 2.54. The van der Waals surface area contributed by atoms with Gasteiger partial charge < -0.3 is 9.15 Å². The molecule has 0 unspecified atom stereocenters.